The maximum atomic E-state index is 12.4. The number of Topliss-reactive ketones (excluding diaryl/α,β-unsaturated/α-hetero) is 2. The van der Waals surface area contributed by atoms with Gasteiger partial charge in [0.1, 0.15) is 12.1 Å². The highest BCUT2D eigenvalue weighted by atomic mass is 16.5. The Bertz CT molecular complexity index is 911. The molecule has 3 rings (SSSR count). The average molecular weight is 339 g/mol. The second-order valence-corrected chi connectivity index (χ2v) is 5.64. The van der Waals surface area contributed by atoms with Gasteiger partial charge in [0.15, 0.2) is 12.4 Å². The van der Waals surface area contributed by atoms with E-state index in [1.54, 1.807) is 38.1 Å². The van der Waals surface area contributed by atoms with Crippen LogP contribution in [0, 0.1) is 13.8 Å². The Hall–Kier alpha value is -3.29. The molecule has 3 aromatic rings. The smallest absolute Gasteiger partial charge is 0.216 e. The number of hydrogen-bond donors (Lipinski definition) is 1. The standard InChI is InChI=1S/C17H17N5O3/c1-10-16(12(3)23)11(2)19-17(10)15(24)8-25-14-6-4-13(5-7-14)22-9-18-20-21-22/h4-7,9,19H,8H2,1-3H3. The molecule has 0 radical (unpaired) electrons. The number of nitrogens with one attached hydrogen (secondary N) is 1. The summed E-state index contributed by atoms with van der Waals surface area (Å²) in [7, 11) is 0. The first-order valence-corrected chi connectivity index (χ1v) is 7.67. The molecular weight excluding hydrogens is 322 g/mol. The first kappa shape index (κ1) is 16.6. The number of rotatable bonds is 6. The molecule has 0 unspecified atom stereocenters. The molecule has 2 aromatic heterocycles. The molecule has 0 saturated heterocycles. The number of benzene rings is 1. The Morgan fingerprint density at radius 1 is 1.20 bits per heavy atom. The summed E-state index contributed by atoms with van der Waals surface area (Å²) in [6, 6.07) is 7.04. The van der Waals surface area contributed by atoms with Crippen LogP contribution in [-0.4, -0.2) is 43.4 Å². The lowest BCUT2D eigenvalue weighted by Crippen LogP contribution is -2.13. The average Bonchev–Trinajstić information content (AvgIpc) is 3.21. The number of carbonyl (C=O) groups is 2. The molecule has 0 amide bonds. The lowest BCUT2D eigenvalue weighted by molar-refractivity contribution is 0.0916. The van der Waals surface area contributed by atoms with E-state index in [1.165, 1.54) is 17.9 Å². The molecule has 0 aliphatic rings. The summed E-state index contributed by atoms with van der Waals surface area (Å²) in [5.74, 6) is 0.278. The minimum absolute atomic E-state index is 0.0654. The van der Waals surface area contributed by atoms with E-state index in [4.69, 9.17) is 4.74 Å². The van der Waals surface area contributed by atoms with E-state index in [0.29, 0.717) is 28.3 Å². The fourth-order valence-electron chi connectivity index (χ4n) is 2.75. The largest absolute Gasteiger partial charge is 0.485 e. The van der Waals surface area contributed by atoms with Crippen LogP contribution in [0.25, 0.3) is 5.69 Å². The summed E-state index contributed by atoms with van der Waals surface area (Å²) in [4.78, 5) is 27.0. The molecule has 0 atom stereocenters. The van der Waals surface area contributed by atoms with Crippen LogP contribution in [0.1, 0.15) is 39.0 Å². The summed E-state index contributed by atoms with van der Waals surface area (Å²) in [5.41, 5.74) is 3.11. The van der Waals surface area contributed by atoms with E-state index in [0.717, 1.165) is 5.69 Å². The zero-order valence-corrected chi connectivity index (χ0v) is 14.1. The summed E-state index contributed by atoms with van der Waals surface area (Å²) in [6.07, 6.45) is 1.49. The number of tetrazole rings is 1. The molecule has 0 spiro atoms. The molecule has 1 aromatic carbocycles. The lowest BCUT2D eigenvalue weighted by atomic mass is 10.1. The maximum absolute atomic E-state index is 12.4. The Morgan fingerprint density at radius 3 is 2.48 bits per heavy atom. The van der Waals surface area contributed by atoms with Gasteiger partial charge in [-0.25, -0.2) is 4.68 Å². The van der Waals surface area contributed by atoms with Gasteiger partial charge in [0.05, 0.1) is 11.4 Å². The van der Waals surface area contributed by atoms with Crippen molar-refractivity contribution in [3.63, 3.8) is 0 Å². The molecule has 8 heteroatoms. The minimum atomic E-state index is -0.211. The third-order valence-electron chi connectivity index (χ3n) is 3.89. The van der Waals surface area contributed by atoms with Gasteiger partial charge in [-0.1, -0.05) is 0 Å². The Balaban J connectivity index is 1.68. The predicted molar refractivity (Wildman–Crippen MR) is 89.3 cm³/mol. The highest BCUT2D eigenvalue weighted by Gasteiger charge is 2.20. The predicted octanol–water partition coefficient (Wildman–Crippen LogP) is 2.07. The van der Waals surface area contributed by atoms with Gasteiger partial charge in [-0.05, 0) is 61.0 Å². The van der Waals surface area contributed by atoms with E-state index >= 15 is 0 Å². The number of aromatic amines is 1. The molecule has 0 bridgehead atoms. The second-order valence-electron chi connectivity index (χ2n) is 5.64. The van der Waals surface area contributed by atoms with Crippen molar-refractivity contribution in [1.82, 2.24) is 25.2 Å². The van der Waals surface area contributed by atoms with E-state index in [1.807, 2.05) is 0 Å². The van der Waals surface area contributed by atoms with Crippen LogP contribution in [0.3, 0.4) is 0 Å². The first-order chi connectivity index (χ1) is 12.0. The number of H-pyrrole nitrogens is 1. The number of nitrogens with zero attached hydrogens (tertiary/aromatic N) is 4. The van der Waals surface area contributed by atoms with E-state index in [2.05, 4.69) is 20.5 Å². The zero-order chi connectivity index (χ0) is 18.0. The number of aryl methyl sites for hydroxylation is 1. The van der Waals surface area contributed by atoms with Gasteiger partial charge in [-0.2, -0.15) is 0 Å². The number of ether oxygens (including phenoxy) is 1. The van der Waals surface area contributed by atoms with Crippen LogP contribution < -0.4 is 4.74 Å². The number of ketones is 2. The van der Waals surface area contributed by atoms with Crippen molar-refractivity contribution in [3.8, 4) is 11.4 Å². The van der Waals surface area contributed by atoms with Crippen LogP contribution >= 0.6 is 0 Å². The van der Waals surface area contributed by atoms with Gasteiger partial charge in [-0.3, -0.25) is 9.59 Å². The van der Waals surface area contributed by atoms with Gasteiger partial charge >= 0.3 is 0 Å². The fraction of sp³-hybridized carbons (Fsp3) is 0.235. The third kappa shape index (κ3) is 3.32. The van der Waals surface area contributed by atoms with Crippen molar-refractivity contribution in [2.75, 3.05) is 6.61 Å². The first-order valence-electron chi connectivity index (χ1n) is 7.67. The fourth-order valence-corrected chi connectivity index (χ4v) is 2.75. The van der Waals surface area contributed by atoms with E-state index in [-0.39, 0.29) is 18.2 Å². The third-order valence-corrected chi connectivity index (χ3v) is 3.89. The van der Waals surface area contributed by atoms with Gasteiger partial charge in [0.25, 0.3) is 0 Å². The van der Waals surface area contributed by atoms with Crippen molar-refractivity contribution in [2.45, 2.75) is 20.8 Å². The second kappa shape index (κ2) is 6.68. The molecule has 2 heterocycles. The number of hydrogen-bond acceptors (Lipinski definition) is 6. The molecule has 1 N–H and O–H groups in total. The van der Waals surface area contributed by atoms with Gasteiger partial charge < -0.3 is 9.72 Å². The Labute approximate surface area is 143 Å². The molecule has 0 fully saturated rings. The summed E-state index contributed by atoms with van der Waals surface area (Å²) < 4.78 is 7.06. The highest BCUT2D eigenvalue weighted by Crippen LogP contribution is 2.20. The molecule has 25 heavy (non-hydrogen) atoms. The van der Waals surface area contributed by atoms with Crippen LogP contribution in [-0.2, 0) is 0 Å². The quantitative estimate of drug-likeness (QED) is 0.690. The SMILES string of the molecule is CC(=O)c1c(C)[nH]c(C(=O)COc2ccc(-n3cnnn3)cc2)c1C. The Kier molecular flexibility index (Phi) is 4.42. The van der Waals surface area contributed by atoms with E-state index in [9.17, 15) is 9.59 Å². The van der Waals surface area contributed by atoms with E-state index < -0.39 is 0 Å². The van der Waals surface area contributed by atoms with Crippen molar-refractivity contribution in [3.05, 3.63) is 53.1 Å². The number of carbonyl (C=O) groups excluding carboxylic acids is 2. The molecule has 128 valence electrons. The monoisotopic (exact) mass is 339 g/mol. The molecule has 8 nitrogen and oxygen atoms in total. The molecular formula is C17H17N5O3. The van der Waals surface area contributed by atoms with Crippen molar-refractivity contribution < 1.29 is 14.3 Å². The van der Waals surface area contributed by atoms with Crippen LogP contribution in [0.5, 0.6) is 5.75 Å². The summed E-state index contributed by atoms with van der Waals surface area (Å²) in [6.45, 7) is 4.90. The Morgan fingerprint density at radius 2 is 1.92 bits per heavy atom. The van der Waals surface area contributed by atoms with Gasteiger partial charge in [0.2, 0.25) is 5.78 Å². The lowest BCUT2D eigenvalue weighted by Gasteiger charge is -2.06. The molecule has 0 aliphatic heterocycles. The summed E-state index contributed by atoms with van der Waals surface area (Å²) in [5, 5.41) is 10.9. The van der Waals surface area contributed by atoms with Gasteiger partial charge in [-0.15, -0.1) is 5.10 Å². The van der Waals surface area contributed by atoms with Crippen LogP contribution in [0.15, 0.2) is 30.6 Å². The van der Waals surface area contributed by atoms with Gasteiger partial charge in [0, 0.05) is 11.3 Å². The maximum Gasteiger partial charge on any atom is 0.216 e. The minimum Gasteiger partial charge on any atom is -0.485 e. The zero-order valence-electron chi connectivity index (χ0n) is 14.1. The molecule has 0 aliphatic carbocycles. The highest BCUT2D eigenvalue weighted by molar-refractivity contribution is 6.03. The van der Waals surface area contributed by atoms with Crippen LogP contribution in [0.2, 0.25) is 0 Å². The van der Waals surface area contributed by atoms with Crippen LogP contribution in [0.4, 0.5) is 0 Å². The summed E-state index contributed by atoms with van der Waals surface area (Å²) >= 11 is 0. The van der Waals surface area contributed by atoms with Crippen molar-refractivity contribution in [2.24, 2.45) is 0 Å². The van der Waals surface area contributed by atoms with Crippen molar-refractivity contribution >= 4 is 11.6 Å². The molecule has 0 saturated carbocycles. The normalized spacial score (nSPS) is 10.7. The number of aromatic nitrogens is 5. The topological polar surface area (TPSA) is 103 Å². The van der Waals surface area contributed by atoms with Crippen molar-refractivity contribution in [1.29, 1.82) is 0 Å².